The number of H-pyrrole nitrogens is 1. The molecule has 16 heavy (non-hydrogen) atoms. The Hall–Kier alpha value is -1.69. The lowest BCUT2D eigenvalue weighted by Crippen LogP contribution is -2.27. The molecule has 1 heterocycles. The molecular formula is C10H16N4O2. The summed E-state index contributed by atoms with van der Waals surface area (Å²) >= 11 is 0. The highest BCUT2D eigenvalue weighted by molar-refractivity contribution is 5.89. The summed E-state index contributed by atoms with van der Waals surface area (Å²) in [6, 6.07) is 3.14. The van der Waals surface area contributed by atoms with Gasteiger partial charge < -0.3 is 10.6 Å². The van der Waals surface area contributed by atoms with E-state index in [9.17, 15) is 9.59 Å². The van der Waals surface area contributed by atoms with E-state index < -0.39 is 0 Å². The molecule has 0 radical (unpaired) electrons. The van der Waals surface area contributed by atoms with Crippen molar-refractivity contribution < 1.29 is 4.79 Å². The minimum Gasteiger partial charge on any atom is -0.314 e. The van der Waals surface area contributed by atoms with Crippen LogP contribution < -0.4 is 16.2 Å². The maximum atomic E-state index is 11.4. The van der Waals surface area contributed by atoms with Gasteiger partial charge in [-0.15, -0.1) is 0 Å². The molecule has 0 saturated carbocycles. The Labute approximate surface area is 93.5 Å². The third-order valence-electron chi connectivity index (χ3n) is 1.85. The molecule has 88 valence electrons. The van der Waals surface area contributed by atoms with Gasteiger partial charge in [-0.05, 0) is 6.07 Å². The van der Waals surface area contributed by atoms with Crippen LogP contribution in [-0.2, 0) is 4.79 Å². The van der Waals surface area contributed by atoms with Crippen molar-refractivity contribution >= 4 is 11.7 Å². The SMILES string of the molecule is CC(C)NCCC(=O)Nc1ccc(=O)[nH]n1. The number of aromatic nitrogens is 2. The van der Waals surface area contributed by atoms with E-state index in [1.54, 1.807) is 0 Å². The van der Waals surface area contributed by atoms with Gasteiger partial charge in [0, 0.05) is 25.1 Å². The molecule has 0 fully saturated rings. The number of hydrogen-bond acceptors (Lipinski definition) is 4. The summed E-state index contributed by atoms with van der Waals surface area (Å²) in [4.78, 5) is 22.1. The van der Waals surface area contributed by atoms with E-state index >= 15 is 0 Å². The van der Waals surface area contributed by atoms with E-state index in [4.69, 9.17) is 0 Å². The van der Waals surface area contributed by atoms with Gasteiger partial charge in [-0.25, -0.2) is 5.10 Å². The lowest BCUT2D eigenvalue weighted by atomic mass is 10.3. The zero-order chi connectivity index (χ0) is 12.0. The average molecular weight is 224 g/mol. The fourth-order valence-corrected chi connectivity index (χ4v) is 1.09. The quantitative estimate of drug-likeness (QED) is 0.662. The fraction of sp³-hybridized carbons (Fsp3) is 0.500. The first-order chi connectivity index (χ1) is 7.58. The molecule has 0 aliphatic heterocycles. The van der Waals surface area contributed by atoms with Gasteiger partial charge in [0.15, 0.2) is 5.82 Å². The van der Waals surface area contributed by atoms with Crippen LogP contribution in [0.1, 0.15) is 20.3 Å². The lowest BCUT2D eigenvalue weighted by molar-refractivity contribution is -0.116. The van der Waals surface area contributed by atoms with Gasteiger partial charge in [0.1, 0.15) is 0 Å². The summed E-state index contributed by atoms with van der Waals surface area (Å²) in [5.41, 5.74) is -0.292. The van der Waals surface area contributed by atoms with E-state index in [1.807, 2.05) is 13.8 Å². The van der Waals surface area contributed by atoms with Crippen LogP contribution in [0.4, 0.5) is 5.82 Å². The number of aromatic amines is 1. The predicted molar refractivity (Wildman–Crippen MR) is 61.2 cm³/mol. The van der Waals surface area contributed by atoms with Crippen molar-refractivity contribution in [1.29, 1.82) is 0 Å². The van der Waals surface area contributed by atoms with Crippen molar-refractivity contribution in [2.75, 3.05) is 11.9 Å². The molecule has 3 N–H and O–H groups in total. The van der Waals surface area contributed by atoms with E-state index in [2.05, 4.69) is 20.8 Å². The number of hydrogen-bond donors (Lipinski definition) is 3. The maximum Gasteiger partial charge on any atom is 0.264 e. The smallest absolute Gasteiger partial charge is 0.264 e. The second-order valence-electron chi connectivity index (χ2n) is 3.71. The Balaban J connectivity index is 2.34. The van der Waals surface area contributed by atoms with Crippen LogP contribution in [0.15, 0.2) is 16.9 Å². The van der Waals surface area contributed by atoms with Gasteiger partial charge >= 0.3 is 0 Å². The van der Waals surface area contributed by atoms with Crippen molar-refractivity contribution in [3.8, 4) is 0 Å². The summed E-state index contributed by atoms with van der Waals surface area (Å²) in [5, 5.41) is 11.6. The molecule has 0 unspecified atom stereocenters. The number of amides is 1. The summed E-state index contributed by atoms with van der Waals surface area (Å²) in [6.45, 7) is 4.65. The van der Waals surface area contributed by atoms with Gasteiger partial charge in [-0.3, -0.25) is 9.59 Å². The van der Waals surface area contributed by atoms with E-state index in [0.29, 0.717) is 24.8 Å². The first-order valence-electron chi connectivity index (χ1n) is 5.17. The normalized spacial score (nSPS) is 10.4. The Morgan fingerprint density at radius 3 is 2.81 bits per heavy atom. The van der Waals surface area contributed by atoms with Crippen molar-refractivity contribution in [2.45, 2.75) is 26.3 Å². The molecule has 6 nitrogen and oxygen atoms in total. The predicted octanol–water partition coefficient (Wildman–Crippen LogP) is 0.0965. The van der Waals surface area contributed by atoms with Crippen LogP contribution in [0, 0.1) is 0 Å². The highest BCUT2D eigenvalue weighted by atomic mass is 16.1. The zero-order valence-electron chi connectivity index (χ0n) is 9.41. The standard InChI is InChI=1S/C10H16N4O2/c1-7(2)11-6-5-9(15)12-8-3-4-10(16)14-13-8/h3-4,7,11H,5-6H2,1-2H3,(H,14,16)(H,12,13,15). The third kappa shape index (κ3) is 4.70. The molecule has 0 atom stereocenters. The van der Waals surface area contributed by atoms with Crippen LogP contribution >= 0.6 is 0 Å². The molecule has 0 saturated heterocycles. The van der Waals surface area contributed by atoms with Crippen LogP contribution in [0.25, 0.3) is 0 Å². The van der Waals surface area contributed by atoms with Crippen molar-refractivity contribution in [2.24, 2.45) is 0 Å². The van der Waals surface area contributed by atoms with Crippen molar-refractivity contribution in [3.05, 3.63) is 22.5 Å². The Kier molecular flexibility index (Phi) is 4.65. The monoisotopic (exact) mass is 224 g/mol. The largest absolute Gasteiger partial charge is 0.314 e. The molecule has 0 aromatic carbocycles. The summed E-state index contributed by atoms with van der Waals surface area (Å²) in [7, 11) is 0. The molecule has 1 amide bonds. The minimum absolute atomic E-state index is 0.132. The number of carbonyl (C=O) groups is 1. The summed E-state index contributed by atoms with van der Waals surface area (Å²) in [5.74, 6) is 0.224. The molecule has 1 aromatic heterocycles. The topological polar surface area (TPSA) is 86.9 Å². The number of nitrogens with one attached hydrogen (secondary N) is 3. The molecule has 1 aromatic rings. The van der Waals surface area contributed by atoms with Gasteiger partial charge in [0.25, 0.3) is 5.56 Å². The maximum absolute atomic E-state index is 11.4. The van der Waals surface area contributed by atoms with E-state index in [-0.39, 0.29) is 11.5 Å². The Bertz CT molecular complexity index is 380. The number of rotatable bonds is 5. The van der Waals surface area contributed by atoms with Crippen LogP contribution in [0.3, 0.4) is 0 Å². The second kappa shape index (κ2) is 6.02. The zero-order valence-corrected chi connectivity index (χ0v) is 9.41. The second-order valence-corrected chi connectivity index (χ2v) is 3.71. The Morgan fingerprint density at radius 1 is 1.50 bits per heavy atom. The van der Waals surface area contributed by atoms with Gasteiger partial charge in [0.2, 0.25) is 5.91 Å². The number of nitrogens with zero attached hydrogens (tertiary/aromatic N) is 1. The molecular weight excluding hydrogens is 208 g/mol. The van der Waals surface area contributed by atoms with Gasteiger partial charge in [0.05, 0.1) is 0 Å². The highest BCUT2D eigenvalue weighted by Crippen LogP contribution is 1.96. The van der Waals surface area contributed by atoms with Crippen LogP contribution in [-0.4, -0.2) is 28.7 Å². The molecule has 1 rings (SSSR count). The highest BCUT2D eigenvalue weighted by Gasteiger charge is 2.03. The minimum atomic E-state index is -0.292. The summed E-state index contributed by atoms with van der Waals surface area (Å²) < 4.78 is 0. The Morgan fingerprint density at radius 2 is 2.25 bits per heavy atom. The van der Waals surface area contributed by atoms with Crippen LogP contribution in [0.2, 0.25) is 0 Å². The molecule has 0 aliphatic rings. The van der Waals surface area contributed by atoms with E-state index in [0.717, 1.165) is 0 Å². The third-order valence-corrected chi connectivity index (χ3v) is 1.85. The first-order valence-corrected chi connectivity index (χ1v) is 5.17. The van der Waals surface area contributed by atoms with Crippen molar-refractivity contribution in [1.82, 2.24) is 15.5 Å². The molecule has 0 aliphatic carbocycles. The molecule has 0 spiro atoms. The fourth-order valence-electron chi connectivity index (χ4n) is 1.09. The summed E-state index contributed by atoms with van der Waals surface area (Å²) in [6.07, 6.45) is 0.374. The molecule has 6 heteroatoms. The number of anilines is 1. The number of carbonyl (C=O) groups excluding carboxylic acids is 1. The molecule has 0 bridgehead atoms. The first kappa shape index (κ1) is 12.4. The van der Waals surface area contributed by atoms with Gasteiger partial charge in [-0.1, -0.05) is 13.8 Å². The lowest BCUT2D eigenvalue weighted by Gasteiger charge is -2.07. The van der Waals surface area contributed by atoms with Gasteiger partial charge in [-0.2, -0.15) is 5.10 Å². The van der Waals surface area contributed by atoms with Crippen molar-refractivity contribution in [3.63, 3.8) is 0 Å². The average Bonchev–Trinajstić information content (AvgIpc) is 2.21. The van der Waals surface area contributed by atoms with Crippen LogP contribution in [0.5, 0.6) is 0 Å². The van der Waals surface area contributed by atoms with E-state index in [1.165, 1.54) is 12.1 Å².